The molecule has 162 valence electrons. The van der Waals surface area contributed by atoms with Crippen molar-refractivity contribution in [3.05, 3.63) is 101 Å². The number of benzene rings is 3. The second kappa shape index (κ2) is 8.24. The van der Waals surface area contributed by atoms with Gasteiger partial charge in [-0.3, -0.25) is 9.48 Å². The van der Waals surface area contributed by atoms with Gasteiger partial charge in [-0.1, -0.05) is 42.5 Å². The highest BCUT2D eigenvalue weighted by Gasteiger charge is 2.31. The number of amides is 1. The molecule has 0 N–H and O–H groups in total. The summed E-state index contributed by atoms with van der Waals surface area (Å²) < 4.78 is 21.9. The second-order valence-corrected chi connectivity index (χ2v) is 7.82. The lowest BCUT2D eigenvalue weighted by atomic mass is 10.1. The minimum atomic E-state index is -0.650. The molecule has 1 aliphatic heterocycles. The molecular formula is C26H19FN4O2. The van der Waals surface area contributed by atoms with Crippen LogP contribution in [0.4, 0.5) is 4.39 Å². The third-order valence-electron chi connectivity index (χ3n) is 5.72. The summed E-state index contributed by atoms with van der Waals surface area (Å²) in [5.74, 6) is -0.771. The number of aromatic nitrogens is 2. The van der Waals surface area contributed by atoms with Gasteiger partial charge in [0.2, 0.25) is 0 Å². The zero-order valence-corrected chi connectivity index (χ0v) is 17.8. The van der Waals surface area contributed by atoms with Gasteiger partial charge in [0.1, 0.15) is 11.8 Å². The van der Waals surface area contributed by atoms with Crippen molar-refractivity contribution in [1.29, 1.82) is 5.26 Å². The van der Waals surface area contributed by atoms with Crippen LogP contribution in [-0.2, 0) is 20.1 Å². The maximum absolute atomic E-state index is 14.3. The molecule has 33 heavy (non-hydrogen) atoms. The molecule has 7 heteroatoms. The Morgan fingerprint density at radius 2 is 1.88 bits per heavy atom. The number of halogens is 1. The van der Waals surface area contributed by atoms with Crippen molar-refractivity contribution in [2.75, 3.05) is 0 Å². The average molecular weight is 438 g/mol. The summed E-state index contributed by atoms with van der Waals surface area (Å²) in [4.78, 5) is 15.0. The van der Waals surface area contributed by atoms with E-state index in [9.17, 15) is 14.4 Å². The number of nitriles is 1. The van der Waals surface area contributed by atoms with Crippen LogP contribution in [0.1, 0.15) is 27.0 Å². The molecule has 0 unspecified atom stereocenters. The largest absolute Gasteiger partial charge is 0.452 e. The summed E-state index contributed by atoms with van der Waals surface area (Å²) in [6.45, 7) is 0.860. The van der Waals surface area contributed by atoms with E-state index in [1.165, 1.54) is 18.2 Å². The first kappa shape index (κ1) is 20.5. The van der Waals surface area contributed by atoms with Gasteiger partial charge in [-0.15, -0.1) is 0 Å². The summed E-state index contributed by atoms with van der Waals surface area (Å²) in [6.07, 6.45) is 1.75. The van der Waals surface area contributed by atoms with Crippen molar-refractivity contribution < 1.29 is 13.9 Å². The Labute approximate surface area is 190 Å². The molecule has 0 radical (unpaired) electrons. The van der Waals surface area contributed by atoms with Crippen molar-refractivity contribution in [3.8, 4) is 28.8 Å². The number of rotatable bonds is 5. The Morgan fingerprint density at radius 3 is 2.61 bits per heavy atom. The molecule has 2 heterocycles. The fraction of sp³-hybridized carbons (Fsp3) is 0.115. The minimum absolute atomic E-state index is 0.0726. The summed E-state index contributed by atoms with van der Waals surface area (Å²) in [6, 6.07) is 21.3. The molecule has 1 amide bonds. The van der Waals surface area contributed by atoms with E-state index in [4.69, 9.17) is 4.74 Å². The third kappa shape index (κ3) is 3.72. The summed E-state index contributed by atoms with van der Waals surface area (Å²) in [5.41, 5.74) is 4.32. The second-order valence-electron chi connectivity index (χ2n) is 7.82. The molecule has 0 spiro atoms. The molecule has 1 aromatic heterocycles. The number of carbonyl (C=O) groups is 1. The first-order valence-electron chi connectivity index (χ1n) is 10.4. The third-order valence-corrected chi connectivity index (χ3v) is 5.72. The monoisotopic (exact) mass is 438 g/mol. The molecule has 4 aromatic rings. The van der Waals surface area contributed by atoms with Gasteiger partial charge in [-0.2, -0.15) is 10.4 Å². The van der Waals surface area contributed by atoms with Gasteiger partial charge < -0.3 is 9.64 Å². The number of carbonyl (C=O) groups excluding carboxylic acids is 1. The van der Waals surface area contributed by atoms with Crippen molar-refractivity contribution in [2.24, 2.45) is 7.05 Å². The summed E-state index contributed by atoms with van der Waals surface area (Å²) in [5, 5.41) is 13.5. The Kier molecular flexibility index (Phi) is 5.11. The standard InChI is InChI=1S/C26H19FN4O2/c1-30-22(12-13-29-30)18-10-8-17(9-11-18)15-31-16-20-5-3-7-23(24(20)26(31)32)33-25-19(14-28)4-2-6-21(25)27/h2-13H,15-16H2,1H3. The number of ether oxygens (including phenoxy) is 1. The molecule has 0 atom stereocenters. The molecule has 0 fully saturated rings. The van der Waals surface area contributed by atoms with Crippen LogP contribution in [0.25, 0.3) is 11.3 Å². The molecule has 0 bridgehead atoms. The molecule has 5 rings (SSSR count). The Bertz CT molecular complexity index is 1400. The minimum Gasteiger partial charge on any atom is -0.452 e. The van der Waals surface area contributed by atoms with Crippen molar-refractivity contribution in [3.63, 3.8) is 0 Å². The fourth-order valence-corrected chi connectivity index (χ4v) is 4.07. The van der Waals surface area contributed by atoms with Gasteiger partial charge in [0, 0.05) is 26.3 Å². The van der Waals surface area contributed by atoms with Gasteiger partial charge in [-0.25, -0.2) is 4.39 Å². The van der Waals surface area contributed by atoms with Crippen LogP contribution in [0.2, 0.25) is 0 Å². The predicted octanol–water partition coefficient (Wildman–Crippen LogP) is 5.05. The zero-order valence-electron chi connectivity index (χ0n) is 17.8. The number of hydrogen-bond donors (Lipinski definition) is 0. The van der Waals surface area contributed by atoms with Crippen LogP contribution in [0.3, 0.4) is 0 Å². The van der Waals surface area contributed by atoms with Crippen LogP contribution >= 0.6 is 0 Å². The predicted molar refractivity (Wildman–Crippen MR) is 120 cm³/mol. The van der Waals surface area contributed by atoms with E-state index < -0.39 is 5.82 Å². The van der Waals surface area contributed by atoms with Crippen LogP contribution in [0.5, 0.6) is 11.5 Å². The Hall–Kier alpha value is -4.44. The topological polar surface area (TPSA) is 71.2 Å². The number of fused-ring (bicyclic) bond motifs is 1. The van der Waals surface area contributed by atoms with Gasteiger partial charge in [-0.05, 0) is 41.0 Å². The van der Waals surface area contributed by atoms with Crippen LogP contribution in [0, 0.1) is 17.1 Å². The molecule has 0 saturated heterocycles. The van der Waals surface area contributed by atoms with Crippen LogP contribution in [0.15, 0.2) is 72.9 Å². The van der Waals surface area contributed by atoms with Gasteiger partial charge in [0.05, 0.1) is 16.8 Å². The number of hydrogen-bond acceptors (Lipinski definition) is 4. The molecule has 0 saturated carbocycles. The lowest BCUT2D eigenvalue weighted by Crippen LogP contribution is -2.23. The maximum atomic E-state index is 14.3. The highest BCUT2D eigenvalue weighted by Crippen LogP contribution is 2.36. The fourth-order valence-electron chi connectivity index (χ4n) is 4.07. The molecule has 3 aromatic carbocycles. The highest BCUT2D eigenvalue weighted by molar-refractivity contribution is 6.01. The van der Waals surface area contributed by atoms with Gasteiger partial charge in [0.15, 0.2) is 11.6 Å². The first-order chi connectivity index (χ1) is 16.0. The van der Waals surface area contributed by atoms with Crippen molar-refractivity contribution in [2.45, 2.75) is 13.1 Å². The molecular weight excluding hydrogens is 419 g/mol. The van der Waals surface area contributed by atoms with Crippen LogP contribution < -0.4 is 4.74 Å². The van der Waals surface area contributed by atoms with E-state index in [0.29, 0.717) is 18.7 Å². The van der Waals surface area contributed by atoms with E-state index in [0.717, 1.165) is 22.4 Å². The maximum Gasteiger partial charge on any atom is 0.258 e. The number of aryl methyl sites for hydroxylation is 1. The molecule has 0 aliphatic carbocycles. The summed E-state index contributed by atoms with van der Waals surface area (Å²) >= 11 is 0. The quantitative estimate of drug-likeness (QED) is 0.437. The zero-order chi connectivity index (χ0) is 22.9. The molecule has 6 nitrogen and oxygen atoms in total. The van der Waals surface area contributed by atoms with Crippen molar-refractivity contribution >= 4 is 5.91 Å². The summed E-state index contributed by atoms with van der Waals surface area (Å²) in [7, 11) is 1.89. The number of para-hydroxylation sites is 1. The average Bonchev–Trinajstić information content (AvgIpc) is 3.39. The lowest BCUT2D eigenvalue weighted by molar-refractivity contribution is 0.0765. The number of nitrogens with zero attached hydrogens (tertiary/aromatic N) is 4. The van der Waals surface area contributed by atoms with E-state index in [2.05, 4.69) is 5.10 Å². The lowest BCUT2D eigenvalue weighted by Gasteiger charge is -2.16. The highest BCUT2D eigenvalue weighted by atomic mass is 19.1. The van der Waals surface area contributed by atoms with Gasteiger partial charge >= 0.3 is 0 Å². The van der Waals surface area contributed by atoms with E-state index in [1.54, 1.807) is 23.2 Å². The van der Waals surface area contributed by atoms with E-state index in [1.807, 2.05) is 54.2 Å². The Morgan fingerprint density at radius 1 is 1.09 bits per heavy atom. The van der Waals surface area contributed by atoms with Crippen LogP contribution in [-0.4, -0.2) is 20.6 Å². The van der Waals surface area contributed by atoms with Gasteiger partial charge in [0.25, 0.3) is 5.91 Å². The smallest absolute Gasteiger partial charge is 0.258 e. The van der Waals surface area contributed by atoms with E-state index >= 15 is 0 Å². The molecule has 1 aliphatic rings. The van der Waals surface area contributed by atoms with Crippen molar-refractivity contribution in [1.82, 2.24) is 14.7 Å². The SMILES string of the molecule is Cn1nccc1-c1ccc(CN2Cc3cccc(Oc4c(F)cccc4C#N)c3C2=O)cc1. The van der Waals surface area contributed by atoms with E-state index in [-0.39, 0.29) is 23.0 Å². The first-order valence-corrected chi connectivity index (χ1v) is 10.4. The Balaban J connectivity index is 1.38. The normalized spacial score (nSPS) is 12.5.